The lowest BCUT2D eigenvalue weighted by Crippen LogP contribution is -2.37. The van der Waals surface area contributed by atoms with E-state index < -0.39 is 9.84 Å². The van der Waals surface area contributed by atoms with Crippen molar-refractivity contribution in [3.63, 3.8) is 0 Å². The first kappa shape index (κ1) is 18.6. The van der Waals surface area contributed by atoms with Gasteiger partial charge < -0.3 is 5.32 Å². The van der Waals surface area contributed by atoms with Crippen LogP contribution >= 0.6 is 0 Å². The molecule has 2 aromatic carbocycles. The monoisotopic (exact) mass is 372 g/mol. The molecule has 1 aliphatic rings. The second-order valence-electron chi connectivity index (χ2n) is 6.95. The zero-order valence-corrected chi connectivity index (χ0v) is 15.7. The Morgan fingerprint density at radius 2 is 1.77 bits per heavy atom. The molecule has 0 bridgehead atoms. The summed E-state index contributed by atoms with van der Waals surface area (Å²) in [6.45, 7) is 2.70. The van der Waals surface area contributed by atoms with E-state index in [0.29, 0.717) is 11.1 Å². The van der Waals surface area contributed by atoms with Gasteiger partial charge in [0.25, 0.3) is 5.91 Å². The number of benzene rings is 2. The summed E-state index contributed by atoms with van der Waals surface area (Å²) in [4.78, 5) is 14.8. The molecule has 0 spiro atoms. The summed E-state index contributed by atoms with van der Waals surface area (Å²) in [6, 6.07) is 17.2. The van der Waals surface area contributed by atoms with E-state index in [1.807, 2.05) is 18.2 Å². The number of amides is 1. The molecule has 26 heavy (non-hydrogen) atoms. The highest BCUT2D eigenvalue weighted by Gasteiger charge is 2.24. The van der Waals surface area contributed by atoms with Gasteiger partial charge in [0.05, 0.1) is 5.75 Å². The zero-order chi connectivity index (χ0) is 18.6. The smallest absolute Gasteiger partial charge is 0.251 e. The number of hydrogen-bond acceptors (Lipinski definition) is 4. The molecule has 3 rings (SSSR count). The highest BCUT2D eigenvalue weighted by molar-refractivity contribution is 7.89. The molecule has 0 aliphatic carbocycles. The van der Waals surface area contributed by atoms with E-state index in [1.54, 1.807) is 24.3 Å². The molecule has 0 saturated carbocycles. The minimum absolute atomic E-state index is 0.00797. The molecule has 0 aromatic heterocycles. The largest absolute Gasteiger partial charge is 0.348 e. The topological polar surface area (TPSA) is 66.5 Å². The van der Waals surface area contributed by atoms with Crippen LogP contribution in [0.25, 0.3) is 0 Å². The quantitative estimate of drug-likeness (QED) is 0.844. The van der Waals surface area contributed by atoms with Gasteiger partial charge in [-0.3, -0.25) is 9.69 Å². The van der Waals surface area contributed by atoms with Crippen LogP contribution in [0.1, 0.15) is 27.9 Å². The summed E-state index contributed by atoms with van der Waals surface area (Å²) in [5.74, 6) is -0.117. The van der Waals surface area contributed by atoms with Gasteiger partial charge in [0, 0.05) is 37.5 Å². The van der Waals surface area contributed by atoms with E-state index >= 15 is 0 Å². The first-order chi connectivity index (χ1) is 12.4. The number of carbonyl (C=O) groups excluding carboxylic acids is 1. The molecule has 6 heteroatoms. The maximum absolute atomic E-state index is 12.4. The third kappa shape index (κ3) is 5.41. The van der Waals surface area contributed by atoms with Gasteiger partial charge in [-0.25, -0.2) is 8.42 Å². The van der Waals surface area contributed by atoms with E-state index in [4.69, 9.17) is 0 Å². The summed E-state index contributed by atoms with van der Waals surface area (Å²) in [6.07, 6.45) is 2.14. The first-order valence-corrected chi connectivity index (χ1v) is 10.8. The van der Waals surface area contributed by atoms with E-state index in [1.165, 1.54) is 11.8 Å². The number of nitrogens with zero attached hydrogens (tertiary/aromatic N) is 1. The van der Waals surface area contributed by atoms with Crippen LogP contribution in [0.5, 0.6) is 0 Å². The van der Waals surface area contributed by atoms with Crippen molar-refractivity contribution >= 4 is 15.7 Å². The van der Waals surface area contributed by atoms with Gasteiger partial charge in [-0.2, -0.15) is 0 Å². The predicted molar refractivity (Wildman–Crippen MR) is 103 cm³/mol. The molecular formula is C20H24N2O3S. The SMILES string of the molecule is CS(=O)(=O)Cc1ccc(C(=O)N[C@H]2CCN(Cc3ccccc3)C2)cc1. The number of rotatable bonds is 6. The highest BCUT2D eigenvalue weighted by Crippen LogP contribution is 2.14. The van der Waals surface area contributed by atoms with Gasteiger partial charge in [-0.1, -0.05) is 42.5 Å². The molecule has 1 N–H and O–H groups in total. The molecule has 0 unspecified atom stereocenters. The normalized spacial score (nSPS) is 18.0. The summed E-state index contributed by atoms with van der Waals surface area (Å²) < 4.78 is 22.7. The fourth-order valence-corrected chi connectivity index (χ4v) is 4.06. The Kier molecular flexibility index (Phi) is 5.74. The van der Waals surface area contributed by atoms with Crippen LogP contribution in [0, 0.1) is 0 Å². The summed E-state index contributed by atoms with van der Waals surface area (Å²) in [7, 11) is -3.07. The van der Waals surface area contributed by atoms with Crippen molar-refractivity contribution in [2.45, 2.75) is 24.8 Å². The molecule has 1 aliphatic heterocycles. The summed E-state index contributed by atoms with van der Waals surface area (Å²) in [5.41, 5.74) is 2.53. The molecule has 1 fully saturated rings. The van der Waals surface area contributed by atoms with Crippen molar-refractivity contribution in [1.29, 1.82) is 0 Å². The number of sulfone groups is 1. The van der Waals surface area contributed by atoms with Gasteiger partial charge in [-0.05, 0) is 29.7 Å². The molecule has 1 saturated heterocycles. The zero-order valence-electron chi connectivity index (χ0n) is 14.9. The fourth-order valence-electron chi connectivity index (χ4n) is 3.26. The Bertz CT molecular complexity index is 848. The van der Waals surface area contributed by atoms with Gasteiger partial charge in [0.1, 0.15) is 0 Å². The molecule has 1 amide bonds. The van der Waals surface area contributed by atoms with Crippen LogP contribution < -0.4 is 5.32 Å². The molecule has 2 aromatic rings. The lowest BCUT2D eigenvalue weighted by molar-refractivity contribution is 0.0937. The third-order valence-electron chi connectivity index (χ3n) is 4.50. The number of nitrogens with one attached hydrogen (secondary N) is 1. The molecular weight excluding hydrogens is 348 g/mol. The number of hydrogen-bond donors (Lipinski definition) is 1. The third-order valence-corrected chi connectivity index (χ3v) is 5.36. The van der Waals surface area contributed by atoms with Crippen molar-refractivity contribution in [2.24, 2.45) is 0 Å². The van der Waals surface area contributed by atoms with Crippen LogP contribution in [0.3, 0.4) is 0 Å². The Hall–Kier alpha value is -2.18. The molecule has 5 nitrogen and oxygen atoms in total. The second kappa shape index (κ2) is 8.01. The number of likely N-dealkylation sites (tertiary alicyclic amines) is 1. The molecule has 0 radical (unpaired) electrons. The van der Waals surface area contributed by atoms with Crippen molar-refractivity contribution in [3.8, 4) is 0 Å². The average Bonchev–Trinajstić information content (AvgIpc) is 3.02. The minimum Gasteiger partial charge on any atom is -0.348 e. The van der Waals surface area contributed by atoms with Gasteiger partial charge >= 0.3 is 0 Å². The predicted octanol–water partition coefficient (Wildman–Crippen LogP) is 2.24. The van der Waals surface area contributed by atoms with Gasteiger partial charge in [0.15, 0.2) is 9.84 Å². The minimum atomic E-state index is -3.07. The van der Waals surface area contributed by atoms with E-state index in [2.05, 4.69) is 22.3 Å². The fraction of sp³-hybridized carbons (Fsp3) is 0.350. The second-order valence-corrected chi connectivity index (χ2v) is 9.09. The molecule has 1 heterocycles. The van der Waals surface area contributed by atoms with Crippen LogP contribution in [-0.4, -0.2) is 44.6 Å². The van der Waals surface area contributed by atoms with Crippen LogP contribution in [0.4, 0.5) is 0 Å². The summed E-state index contributed by atoms with van der Waals surface area (Å²) >= 11 is 0. The molecule has 1 atom stereocenters. The first-order valence-electron chi connectivity index (χ1n) is 8.73. The lowest BCUT2D eigenvalue weighted by Gasteiger charge is -2.17. The van der Waals surface area contributed by atoms with E-state index in [0.717, 1.165) is 26.1 Å². The van der Waals surface area contributed by atoms with Crippen molar-refractivity contribution in [3.05, 3.63) is 71.3 Å². The van der Waals surface area contributed by atoms with Crippen LogP contribution in [0.15, 0.2) is 54.6 Å². The Labute approximate surface area is 154 Å². The maximum atomic E-state index is 12.4. The van der Waals surface area contributed by atoms with Crippen molar-refractivity contribution < 1.29 is 13.2 Å². The van der Waals surface area contributed by atoms with Gasteiger partial charge in [-0.15, -0.1) is 0 Å². The van der Waals surface area contributed by atoms with E-state index in [9.17, 15) is 13.2 Å². The average molecular weight is 372 g/mol. The molecule has 138 valence electrons. The Balaban J connectivity index is 1.52. The van der Waals surface area contributed by atoms with E-state index in [-0.39, 0.29) is 17.7 Å². The van der Waals surface area contributed by atoms with Crippen molar-refractivity contribution in [2.75, 3.05) is 19.3 Å². The highest BCUT2D eigenvalue weighted by atomic mass is 32.2. The maximum Gasteiger partial charge on any atom is 0.251 e. The van der Waals surface area contributed by atoms with Gasteiger partial charge in [0.2, 0.25) is 0 Å². The Morgan fingerprint density at radius 3 is 2.42 bits per heavy atom. The number of carbonyl (C=O) groups is 1. The lowest BCUT2D eigenvalue weighted by atomic mass is 10.1. The van der Waals surface area contributed by atoms with Crippen LogP contribution in [-0.2, 0) is 22.1 Å². The Morgan fingerprint density at radius 1 is 1.08 bits per heavy atom. The van der Waals surface area contributed by atoms with Crippen LogP contribution in [0.2, 0.25) is 0 Å². The summed E-state index contributed by atoms with van der Waals surface area (Å²) in [5, 5.41) is 3.08. The van der Waals surface area contributed by atoms with Crippen molar-refractivity contribution in [1.82, 2.24) is 10.2 Å². The standard InChI is InChI=1S/C20H24N2O3S/c1-26(24,25)15-17-7-9-18(10-8-17)20(23)21-19-11-12-22(14-19)13-16-5-3-2-4-6-16/h2-10,19H,11-15H2,1H3,(H,21,23)/t19-/m0/s1.